The molecule has 1 saturated heterocycles. The highest BCUT2D eigenvalue weighted by Crippen LogP contribution is 2.32. The van der Waals surface area contributed by atoms with Crippen LogP contribution in [-0.2, 0) is 4.74 Å². The van der Waals surface area contributed by atoms with Crippen LogP contribution in [-0.4, -0.2) is 17.6 Å². The van der Waals surface area contributed by atoms with Crippen molar-refractivity contribution >= 4 is 5.69 Å². The zero-order valence-electron chi connectivity index (χ0n) is 10.7. The van der Waals surface area contributed by atoms with E-state index in [4.69, 9.17) is 4.74 Å². The van der Waals surface area contributed by atoms with Crippen LogP contribution in [0.2, 0.25) is 0 Å². The molecule has 0 radical (unpaired) electrons. The molecule has 1 aliphatic carbocycles. The molecule has 3 rings (SSSR count). The fourth-order valence-electron chi connectivity index (χ4n) is 3.08. The van der Waals surface area contributed by atoms with Crippen LogP contribution in [0.4, 0.5) is 5.69 Å². The Balaban J connectivity index is 1.75. The van der Waals surface area contributed by atoms with Gasteiger partial charge in [-0.25, -0.2) is 0 Å². The third kappa shape index (κ3) is 2.62. The van der Waals surface area contributed by atoms with Gasteiger partial charge in [0, 0.05) is 23.7 Å². The lowest BCUT2D eigenvalue weighted by atomic mass is 9.84. The van der Waals surface area contributed by atoms with Crippen LogP contribution >= 0.6 is 0 Å². The predicted octanol–water partition coefficient (Wildman–Crippen LogP) is 2.77. The van der Waals surface area contributed by atoms with Crippen molar-refractivity contribution in [2.24, 2.45) is 5.92 Å². The molecule has 1 aromatic carbocycles. The molecule has 5 nitrogen and oxygen atoms in total. The molecule has 2 aliphatic rings. The topological polar surface area (TPSA) is 64.4 Å². The van der Waals surface area contributed by atoms with Gasteiger partial charge in [0.1, 0.15) is 6.23 Å². The molecule has 1 aliphatic heterocycles. The van der Waals surface area contributed by atoms with E-state index in [0.717, 1.165) is 12.2 Å². The van der Waals surface area contributed by atoms with Gasteiger partial charge in [-0.15, -0.1) is 0 Å². The quantitative estimate of drug-likeness (QED) is 0.657. The molecule has 102 valence electrons. The molecule has 3 atom stereocenters. The summed E-state index contributed by atoms with van der Waals surface area (Å²) >= 11 is 0. The number of hydrogen-bond acceptors (Lipinski definition) is 4. The van der Waals surface area contributed by atoms with E-state index in [9.17, 15) is 10.1 Å². The second kappa shape index (κ2) is 5.27. The van der Waals surface area contributed by atoms with Crippen LogP contribution in [0.1, 0.15) is 37.5 Å². The van der Waals surface area contributed by atoms with E-state index in [0.29, 0.717) is 12.0 Å². The summed E-state index contributed by atoms with van der Waals surface area (Å²) in [5, 5.41) is 14.3. The summed E-state index contributed by atoms with van der Waals surface area (Å²) in [6.07, 6.45) is 4.74. The Kier molecular flexibility index (Phi) is 3.48. The van der Waals surface area contributed by atoms with E-state index in [1.54, 1.807) is 12.1 Å². The molecule has 1 N–H and O–H groups in total. The number of benzene rings is 1. The monoisotopic (exact) mass is 262 g/mol. The number of hydrogen-bond donors (Lipinski definition) is 1. The van der Waals surface area contributed by atoms with Gasteiger partial charge in [0.15, 0.2) is 0 Å². The van der Waals surface area contributed by atoms with E-state index < -0.39 is 0 Å². The zero-order chi connectivity index (χ0) is 13.2. The first kappa shape index (κ1) is 12.6. The van der Waals surface area contributed by atoms with E-state index in [-0.39, 0.29) is 16.8 Å². The zero-order valence-corrected chi connectivity index (χ0v) is 10.7. The van der Waals surface area contributed by atoms with Crippen molar-refractivity contribution in [1.29, 1.82) is 0 Å². The molecule has 3 unspecified atom stereocenters. The van der Waals surface area contributed by atoms with Crippen molar-refractivity contribution in [3.05, 3.63) is 39.9 Å². The predicted molar refractivity (Wildman–Crippen MR) is 70.7 cm³/mol. The van der Waals surface area contributed by atoms with E-state index >= 15 is 0 Å². The van der Waals surface area contributed by atoms with Gasteiger partial charge in [0.2, 0.25) is 0 Å². The maximum Gasteiger partial charge on any atom is 0.269 e. The van der Waals surface area contributed by atoms with Crippen LogP contribution < -0.4 is 5.32 Å². The van der Waals surface area contributed by atoms with Crippen molar-refractivity contribution in [1.82, 2.24) is 5.32 Å². The number of nitro groups is 1. The lowest BCUT2D eigenvalue weighted by molar-refractivity contribution is -0.385. The Hall–Kier alpha value is -1.46. The molecule has 1 heterocycles. The molecular weight excluding hydrogens is 244 g/mol. The molecule has 0 bridgehead atoms. The highest BCUT2D eigenvalue weighted by atomic mass is 16.6. The smallest absolute Gasteiger partial charge is 0.269 e. The summed E-state index contributed by atoms with van der Waals surface area (Å²) in [6.45, 7) is 0.755. The summed E-state index contributed by atoms with van der Waals surface area (Å²) in [6, 6.07) is 7.20. The van der Waals surface area contributed by atoms with Gasteiger partial charge in [-0.1, -0.05) is 25.0 Å². The minimum absolute atomic E-state index is 0.119. The molecule has 19 heavy (non-hydrogen) atoms. The van der Waals surface area contributed by atoms with E-state index in [1.165, 1.54) is 31.7 Å². The SMILES string of the molecule is O=[N+]([O-])c1cccc(C2NC3CCCCC3CO2)c1. The molecule has 1 saturated carbocycles. The average molecular weight is 262 g/mol. The summed E-state index contributed by atoms with van der Waals surface area (Å²) in [5.74, 6) is 0.601. The Bertz CT molecular complexity index is 478. The van der Waals surface area contributed by atoms with E-state index in [2.05, 4.69) is 5.32 Å². The second-order valence-corrected chi connectivity index (χ2v) is 5.38. The number of nitro benzene ring substituents is 1. The van der Waals surface area contributed by atoms with Crippen LogP contribution in [0.15, 0.2) is 24.3 Å². The molecule has 1 aromatic rings. The number of fused-ring (bicyclic) bond motifs is 1. The molecule has 0 aromatic heterocycles. The lowest BCUT2D eigenvalue weighted by Gasteiger charge is -2.40. The standard InChI is InChI=1S/C14H18N2O3/c17-16(18)12-6-3-5-10(8-12)14-15-13-7-2-1-4-11(13)9-19-14/h3,5-6,8,11,13-15H,1-2,4,7,9H2. The van der Waals surface area contributed by atoms with Gasteiger partial charge in [-0.3, -0.25) is 15.4 Å². The van der Waals surface area contributed by atoms with Crippen molar-refractivity contribution in [2.45, 2.75) is 38.0 Å². The largest absolute Gasteiger partial charge is 0.359 e. The van der Waals surface area contributed by atoms with Gasteiger partial charge < -0.3 is 4.74 Å². The first-order valence-electron chi connectivity index (χ1n) is 6.86. The van der Waals surface area contributed by atoms with Crippen molar-refractivity contribution < 1.29 is 9.66 Å². The Morgan fingerprint density at radius 1 is 1.32 bits per heavy atom. The molecular formula is C14H18N2O3. The minimum atomic E-state index is -0.365. The number of nitrogens with zero attached hydrogens (tertiary/aromatic N) is 1. The second-order valence-electron chi connectivity index (χ2n) is 5.38. The molecule has 2 fully saturated rings. The first-order chi connectivity index (χ1) is 9.24. The van der Waals surface area contributed by atoms with Crippen molar-refractivity contribution in [3.63, 3.8) is 0 Å². The molecule has 5 heteroatoms. The maximum atomic E-state index is 10.8. The Labute approximate surface area is 112 Å². The van der Waals surface area contributed by atoms with Gasteiger partial charge >= 0.3 is 0 Å². The van der Waals surface area contributed by atoms with Gasteiger partial charge in [0.25, 0.3) is 5.69 Å². The van der Waals surface area contributed by atoms with E-state index in [1.807, 2.05) is 6.07 Å². The highest BCUT2D eigenvalue weighted by Gasteiger charge is 2.33. The number of nitrogens with one attached hydrogen (secondary N) is 1. The van der Waals surface area contributed by atoms with Gasteiger partial charge in [-0.2, -0.15) is 0 Å². The van der Waals surface area contributed by atoms with Crippen LogP contribution in [0.25, 0.3) is 0 Å². The summed E-state index contributed by atoms with van der Waals surface area (Å²) < 4.78 is 5.83. The van der Waals surface area contributed by atoms with Crippen molar-refractivity contribution in [2.75, 3.05) is 6.61 Å². The summed E-state index contributed by atoms with van der Waals surface area (Å²) in [4.78, 5) is 10.4. The van der Waals surface area contributed by atoms with Gasteiger partial charge in [0.05, 0.1) is 11.5 Å². The van der Waals surface area contributed by atoms with Crippen LogP contribution in [0.3, 0.4) is 0 Å². The third-order valence-electron chi connectivity index (χ3n) is 4.14. The normalized spacial score (nSPS) is 30.6. The number of ether oxygens (including phenoxy) is 1. The third-order valence-corrected chi connectivity index (χ3v) is 4.14. The summed E-state index contributed by atoms with van der Waals surface area (Å²) in [5.41, 5.74) is 0.965. The van der Waals surface area contributed by atoms with Gasteiger partial charge in [-0.05, 0) is 18.8 Å². The molecule has 0 spiro atoms. The number of non-ortho nitro benzene ring substituents is 1. The summed E-state index contributed by atoms with van der Waals surface area (Å²) in [7, 11) is 0. The van der Waals surface area contributed by atoms with Crippen LogP contribution in [0, 0.1) is 16.0 Å². The van der Waals surface area contributed by atoms with Crippen LogP contribution in [0.5, 0.6) is 0 Å². The lowest BCUT2D eigenvalue weighted by Crippen LogP contribution is -2.48. The Morgan fingerprint density at radius 3 is 3.00 bits per heavy atom. The highest BCUT2D eigenvalue weighted by molar-refractivity contribution is 5.35. The number of rotatable bonds is 2. The van der Waals surface area contributed by atoms with Crippen molar-refractivity contribution in [3.8, 4) is 0 Å². The average Bonchev–Trinajstić information content (AvgIpc) is 2.47. The fourth-order valence-corrected chi connectivity index (χ4v) is 3.08. The molecule has 0 amide bonds. The minimum Gasteiger partial charge on any atom is -0.359 e. The fraction of sp³-hybridized carbons (Fsp3) is 0.571. The first-order valence-corrected chi connectivity index (χ1v) is 6.86. The maximum absolute atomic E-state index is 10.8. The Morgan fingerprint density at radius 2 is 2.16 bits per heavy atom.